The van der Waals surface area contributed by atoms with Gasteiger partial charge >= 0.3 is 0 Å². The summed E-state index contributed by atoms with van der Waals surface area (Å²) in [5.41, 5.74) is 2.37. The van der Waals surface area contributed by atoms with E-state index in [0.717, 1.165) is 18.5 Å². The lowest BCUT2D eigenvalue weighted by molar-refractivity contribution is -0.924. The average molecular weight is 336 g/mol. The second-order valence-corrected chi connectivity index (χ2v) is 7.13. The molecule has 0 saturated heterocycles. The first kappa shape index (κ1) is 15.5. The van der Waals surface area contributed by atoms with E-state index < -0.39 is 0 Å². The Balaban J connectivity index is 1.55. The van der Waals surface area contributed by atoms with Gasteiger partial charge in [-0.2, -0.15) is 0 Å². The van der Waals surface area contributed by atoms with Gasteiger partial charge < -0.3 is 10.2 Å². The number of nitrogens with one attached hydrogen (secondary N) is 2. The molecule has 3 nitrogen and oxygen atoms in total. The fourth-order valence-electron chi connectivity index (χ4n) is 3.00. The van der Waals surface area contributed by atoms with Gasteiger partial charge in [0.2, 0.25) is 0 Å². The zero-order chi connectivity index (χ0) is 15.5. The molecular weight excluding hydrogens is 316 g/mol. The Kier molecular flexibility index (Phi) is 4.81. The summed E-state index contributed by atoms with van der Waals surface area (Å²) in [6.07, 6.45) is 1.07. The lowest BCUT2D eigenvalue weighted by Crippen LogP contribution is -3.14. The van der Waals surface area contributed by atoms with Crippen LogP contribution in [0.25, 0.3) is 0 Å². The second-order valence-electron chi connectivity index (χ2n) is 5.72. The predicted molar refractivity (Wildman–Crippen MR) is 90.4 cm³/mol. The molecule has 3 rings (SSSR count). The summed E-state index contributed by atoms with van der Waals surface area (Å²) in [6, 6.07) is 10.2. The molecule has 5 heteroatoms. The SMILES string of the molecule is C[C@@H]1c2ccsc2CC[NH+]1CC(=O)NCc1ccccc1Cl. The maximum Gasteiger partial charge on any atom is 0.275 e. The zero-order valence-corrected chi connectivity index (χ0v) is 14.1. The Hall–Kier alpha value is -1.36. The molecule has 0 bridgehead atoms. The van der Waals surface area contributed by atoms with E-state index in [0.29, 0.717) is 24.2 Å². The minimum absolute atomic E-state index is 0.0837. The molecule has 2 heterocycles. The lowest BCUT2D eigenvalue weighted by Gasteiger charge is -2.29. The van der Waals surface area contributed by atoms with E-state index in [1.807, 2.05) is 35.6 Å². The first-order chi connectivity index (χ1) is 10.6. The van der Waals surface area contributed by atoms with Crippen molar-refractivity contribution in [3.05, 3.63) is 56.7 Å². The van der Waals surface area contributed by atoms with Crippen LogP contribution >= 0.6 is 22.9 Å². The van der Waals surface area contributed by atoms with Gasteiger partial charge in [0.15, 0.2) is 6.54 Å². The summed E-state index contributed by atoms with van der Waals surface area (Å²) in [6.45, 7) is 4.24. The molecule has 0 aliphatic carbocycles. The normalized spacial score (nSPS) is 20.5. The molecule has 1 amide bonds. The molecule has 22 heavy (non-hydrogen) atoms. The summed E-state index contributed by atoms with van der Waals surface area (Å²) in [7, 11) is 0. The second kappa shape index (κ2) is 6.82. The third kappa shape index (κ3) is 3.35. The molecule has 1 aliphatic heterocycles. The number of quaternary nitrogens is 1. The van der Waals surface area contributed by atoms with Crippen LogP contribution in [0.2, 0.25) is 5.02 Å². The number of fused-ring (bicyclic) bond motifs is 1. The highest BCUT2D eigenvalue weighted by molar-refractivity contribution is 7.10. The molecule has 116 valence electrons. The van der Waals surface area contributed by atoms with Crippen LogP contribution in [0.15, 0.2) is 35.7 Å². The highest BCUT2D eigenvalue weighted by Gasteiger charge is 2.29. The molecule has 2 N–H and O–H groups in total. The van der Waals surface area contributed by atoms with Gasteiger partial charge in [-0.3, -0.25) is 4.79 Å². The number of thiophene rings is 1. The monoisotopic (exact) mass is 335 g/mol. The van der Waals surface area contributed by atoms with E-state index in [4.69, 9.17) is 11.6 Å². The van der Waals surface area contributed by atoms with Gasteiger partial charge in [-0.25, -0.2) is 0 Å². The van der Waals surface area contributed by atoms with Crippen molar-refractivity contribution in [3.63, 3.8) is 0 Å². The number of hydrogen-bond donors (Lipinski definition) is 2. The first-order valence-corrected chi connectivity index (χ1v) is 8.82. The van der Waals surface area contributed by atoms with Gasteiger partial charge in [0.05, 0.1) is 6.54 Å². The average Bonchev–Trinajstić information content (AvgIpc) is 2.99. The minimum Gasteiger partial charge on any atom is -0.347 e. The van der Waals surface area contributed by atoms with Gasteiger partial charge in [-0.05, 0) is 30.0 Å². The van der Waals surface area contributed by atoms with Crippen molar-refractivity contribution in [3.8, 4) is 0 Å². The highest BCUT2D eigenvalue weighted by atomic mass is 35.5. The summed E-state index contributed by atoms with van der Waals surface area (Å²) in [5, 5.41) is 5.84. The maximum atomic E-state index is 12.2. The number of halogens is 1. The maximum absolute atomic E-state index is 12.2. The standard InChI is InChI=1S/C17H19ClN2OS/c1-12-14-7-9-22-16(14)6-8-20(12)11-17(21)19-10-13-4-2-3-5-15(13)18/h2-5,7,9,12H,6,8,10-11H2,1H3,(H,19,21)/p+1/t12-/m1/s1. The molecule has 0 spiro atoms. The fraction of sp³-hybridized carbons (Fsp3) is 0.353. The highest BCUT2D eigenvalue weighted by Crippen LogP contribution is 2.24. The smallest absolute Gasteiger partial charge is 0.275 e. The van der Waals surface area contributed by atoms with Crippen molar-refractivity contribution >= 4 is 28.8 Å². The van der Waals surface area contributed by atoms with Gasteiger partial charge in [0.25, 0.3) is 5.91 Å². The van der Waals surface area contributed by atoms with Crippen LogP contribution in [-0.2, 0) is 17.8 Å². The molecule has 1 unspecified atom stereocenters. The Bertz CT molecular complexity index is 670. The van der Waals surface area contributed by atoms with Crippen LogP contribution in [0, 0.1) is 0 Å². The van der Waals surface area contributed by atoms with Crippen molar-refractivity contribution in [2.45, 2.75) is 25.9 Å². The molecule has 0 radical (unpaired) electrons. The number of carbonyl (C=O) groups excluding carboxylic acids is 1. The van der Waals surface area contributed by atoms with Gasteiger partial charge in [-0.1, -0.05) is 29.8 Å². The summed E-state index contributed by atoms with van der Waals surface area (Å²) >= 11 is 7.94. The zero-order valence-electron chi connectivity index (χ0n) is 12.6. The third-order valence-corrected chi connectivity index (χ3v) is 5.72. The third-order valence-electron chi connectivity index (χ3n) is 4.35. The Morgan fingerprint density at radius 1 is 1.41 bits per heavy atom. The van der Waals surface area contributed by atoms with Crippen molar-refractivity contribution in [1.29, 1.82) is 0 Å². The Morgan fingerprint density at radius 2 is 2.23 bits per heavy atom. The number of amides is 1. The van der Waals surface area contributed by atoms with Crippen LogP contribution < -0.4 is 10.2 Å². The molecule has 0 fully saturated rings. The van der Waals surface area contributed by atoms with Crippen LogP contribution in [0.3, 0.4) is 0 Å². The largest absolute Gasteiger partial charge is 0.347 e. The van der Waals surface area contributed by atoms with E-state index in [1.165, 1.54) is 15.3 Å². The number of hydrogen-bond acceptors (Lipinski definition) is 2. The van der Waals surface area contributed by atoms with E-state index in [9.17, 15) is 4.79 Å². The summed E-state index contributed by atoms with van der Waals surface area (Å²) < 4.78 is 0. The number of rotatable bonds is 4. The molecule has 1 aliphatic rings. The van der Waals surface area contributed by atoms with E-state index >= 15 is 0 Å². The van der Waals surface area contributed by atoms with Crippen LogP contribution in [0.5, 0.6) is 0 Å². The van der Waals surface area contributed by atoms with Gasteiger partial charge in [0, 0.05) is 28.4 Å². The van der Waals surface area contributed by atoms with Gasteiger partial charge in [-0.15, -0.1) is 11.3 Å². The quantitative estimate of drug-likeness (QED) is 0.882. The minimum atomic E-state index is 0.0837. The Morgan fingerprint density at radius 3 is 3.05 bits per heavy atom. The van der Waals surface area contributed by atoms with Crippen LogP contribution in [-0.4, -0.2) is 19.0 Å². The molecular formula is C17H20ClN2OS+. The van der Waals surface area contributed by atoms with Gasteiger partial charge in [0.1, 0.15) is 6.04 Å². The van der Waals surface area contributed by atoms with Crippen molar-refractivity contribution in [2.75, 3.05) is 13.1 Å². The molecule has 2 aromatic rings. The first-order valence-electron chi connectivity index (χ1n) is 7.56. The van der Waals surface area contributed by atoms with E-state index in [2.05, 4.69) is 23.7 Å². The number of carbonyl (C=O) groups is 1. The predicted octanol–water partition coefficient (Wildman–Crippen LogP) is 2.22. The summed E-state index contributed by atoms with van der Waals surface area (Å²) in [4.78, 5) is 15.0. The Labute approximate surface area is 139 Å². The topological polar surface area (TPSA) is 33.5 Å². The molecule has 1 aromatic carbocycles. The molecule has 1 aromatic heterocycles. The summed E-state index contributed by atoms with van der Waals surface area (Å²) in [5.74, 6) is 0.0837. The lowest BCUT2D eigenvalue weighted by atomic mass is 10.0. The van der Waals surface area contributed by atoms with Crippen LogP contribution in [0.1, 0.15) is 29.0 Å². The molecule has 2 atom stereocenters. The number of benzene rings is 1. The van der Waals surface area contributed by atoms with Crippen molar-refractivity contribution < 1.29 is 9.69 Å². The van der Waals surface area contributed by atoms with E-state index in [1.54, 1.807) is 0 Å². The van der Waals surface area contributed by atoms with Crippen molar-refractivity contribution in [2.24, 2.45) is 0 Å². The van der Waals surface area contributed by atoms with Crippen molar-refractivity contribution in [1.82, 2.24) is 5.32 Å². The fourth-order valence-corrected chi connectivity index (χ4v) is 4.18. The van der Waals surface area contributed by atoms with Crippen LogP contribution in [0.4, 0.5) is 0 Å². The van der Waals surface area contributed by atoms with E-state index in [-0.39, 0.29) is 5.91 Å². The molecule has 0 saturated carbocycles.